The monoisotopic (exact) mass is 431 g/mol. The van der Waals surface area contributed by atoms with E-state index in [0.29, 0.717) is 0 Å². The molecule has 2 rings (SSSR count). The van der Waals surface area contributed by atoms with Gasteiger partial charge in [-0.15, -0.1) is 24.0 Å². The fraction of sp³-hybridized carbons (Fsp3) is 0.588. The maximum atomic E-state index is 4.13. The van der Waals surface area contributed by atoms with Gasteiger partial charge in [0.1, 0.15) is 0 Å². The van der Waals surface area contributed by atoms with Crippen LogP contribution in [0.5, 0.6) is 0 Å². The first-order chi connectivity index (χ1) is 10.7. The summed E-state index contributed by atoms with van der Waals surface area (Å²) in [4.78, 5) is 9.15. The van der Waals surface area contributed by atoms with Crippen molar-refractivity contribution in [3.8, 4) is 0 Å². The van der Waals surface area contributed by atoms with Crippen LogP contribution in [0.15, 0.2) is 23.2 Å². The highest BCUT2D eigenvalue weighted by Gasteiger charge is 2.18. The summed E-state index contributed by atoms with van der Waals surface area (Å²) in [5.41, 5.74) is 4.19. The summed E-state index contributed by atoms with van der Waals surface area (Å²) in [7, 11) is 3.68. The molecule has 0 bridgehead atoms. The van der Waals surface area contributed by atoms with Crippen LogP contribution in [0.2, 0.25) is 0 Å². The highest BCUT2D eigenvalue weighted by Crippen LogP contribution is 2.23. The van der Waals surface area contributed by atoms with Crippen molar-refractivity contribution in [2.75, 3.05) is 58.3 Å². The molecule has 0 unspecified atom stereocenters. The van der Waals surface area contributed by atoms with Gasteiger partial charge in [-0.3, -0.25) is 9.89 Å². The van der Waals surface area contributed by atoms with Crippen LogP contribution in [0.4, 0.5) is 5.69 Å². The largest absolute Gasteiger partial charge is 0.369 e. The Labute approximate surface area is 157 Å². The van der Waals surface area contributed by atoms with E-state index in [2.05, 4.69) is 57.5 Å². The van der Waals surface area contributed by atoms with E-state index in [1.165, 1.54) is 16.8 Å². The van der Waals surface area contributed by atoms with E-state index < -0.39 is 0 Å². The minimum atomic E-state index is 0. The average Bonchev–Trinajstić information content (AvgIpc) is 2.55. The van der Waals surface area contributed by atoms with Crippen LogP contribution in [0, 0.1) is 13.8 Å². The molecule has 1 aromatic rings. The second-order valence-corrected chi connectivity index (χ2v) is 5.80. The number of aryl methyl sites for hydroxylation is 1. The number of aliphatic imine (C=N–C) groups is 1. The zero-order chi connectivity index (χ0) is 15.9. The summed E-state index contributed by atoms with van der Waals surface area (Å²) in [5.74, 6) is 0.856. The molecule has 0 aromatic heterocycles. The van der Waals surface area contributed by atoms with Gasteiger partial charge in [0.2, 0.25) is 0 Å². The second kappa shape index (κ2) is 9.97. The highest BCUT2D eigenvalue weighted by atomic mass is 127. The Kier molecular flexibility index (Phi) is 8.68. The zero-order valence-electron chi connectivity index (χ0n) is 14.7. The first-order valence-electron chi connectivity index (χ1n) is 8.07. The van der Waals surface area contributed by atoms with Crippen LogP contribution in [-0.2, 0) is 0 Å². The van der Waals surface area contributed by atoms with Gasteiger partial charge in [0.25, 0.3) is 0 Å². The lowest BCUT2D eigenvalue weighted by Gasteiger charge is -2.37. The van der Waals surface area contributed by atoms with Gasteiger partial charge >= 0.3 is 0 Å². The first-order valence-corrected chi connectivity index (χ1v) is 8.07. The number of halogens is 1. The third-order valence-electron chi connectivity index (χ3n) is 4.47. The Balaban J connectivity index is 0.00000264. The average molecular weight is 431 g/mol. The number of benzene rings is 1. The summed E-state index contributed by atoms with van der Waals surface area (Å²) in [5, 5.41) is 6.35. The Bertz CT molecular complexity index is 510. The quantitative estimate of drug-likeness (QED) is 0.434. The topological polar surface area (TPSA) is 42.9 Å². The molecular formula is C17H30IN5. The van der Waals surface area contributed by atoms with Gasteiger partial charge in [-0.2, -0.15) is 0 Å². The molecule has 0 atom stereocenters. The zero-order valence-corrected chi connectivity index (χ0v) is 17.1. The minimum Gasteiger partial charge on any atom is -0.369 e. The Morgan fingerprint density at radius 2 is 1.87 bits per heavy atom. The lowest BCUT2D eigenvalue weighted by molar-refractivity contribution is 0.261. The molecule has 6 heteroatoms. The molecule has 0 amide bonds. The number of nitrogens with one attached hydrogen (secondary N) is 2. The van der Waals surface area contributed by atoms with Crippen molar-refractivity contribution in [1.82, 2.24) is 15.5 Å². The molecule has 0 aliphatic carbocycles. The molecule has 0 radical (unpaired) electrons. The number of piperazine rings is 1. The van der Waals surface area contributed by atoms with Crippen LogP contribution >= 0.6 is 24.0 Å². The van der Waals surface area contributed by atoms with Crippen molar-refractivity contribution in [2.24, 2.45) is 4.99 Å². The van der Waals surface area contributed by atoms with E-state index in [0.717, 1.165) is 45.2 Å². The molecule has 0 spiro atoms. The lowest BCUT2D eigenvalue weighted by atomic mass is 10.1. The molecule has 5 nitrogen and oxygen atoms in total. The smallest absolute Gasteiger partial charge is 0.190 e. The second-order valence-electron chi connectivity index (χ2n) is 5.80. The lowest BCUT2D eigenvalue weighted by Crippen LogP contribution is -2.49. The number of guanidine groups is 1. The molecule has 130 valence electrons. The molecule has 23 heavy (non-hydrogen) atoms. The predicted molar refractivity (Wildman–Crippen MR) is 110 cm³/mol. The van der Waals surface area contributed by atoms with E-state index in [-0.39, 0.29) is 24.0 Å². The molecule has 1 aliphatic heterocycles. The van der Waals surface area contributed by atoms with Crippen molar-refractivity contribution in [2.45, 2.75) is 13.8 Å². The minimum absolute atomic E-state index is 0. The first kappa shape index (κ1) is 20.0. The van der Waals surface area contributed by atoms with Gasteiger partial charge in [0.05, 0.1) is 0 Å². The molecule has 1 heterocycles. The fourth-order valence-corrected chi connectivity index (χ4v) is 2.90. The SMILES string of the molecule is CN=C(NC)NCCN1CCN(c2cccc(C)c2C)CC1.I. The van der Waals surface area contributed by atoms with Gasteiger partial charge in [-0.1, -0.05) is 12.1 Å². The number of hydrogen-bond donors (Lipinski definition) is 2. The van der Waals surface area contributed by atoms with E-state index in [4.69, 9.17) is 0 Å². The van der Waals surface area contributed by atoms with E-state index in [1.807, 2.05) is 7.05 Å². The maximum absolute atomic E-state index is 4.13. The standard InChI is InChI=1S/C17H29N5.HI/c1-14-6-5-7-16(15(14)2)22-12-10-21(11-13-22)9-8-20-17(18-3)19-4;/h5-7H,8-13H2,1-4H3,(H2,18,19,20);1H. The summed E-state index contributed by atoms with van der Waals surface area (Å²) in [6, 6.07) is 6.60. The van der Waals surface area contributed by atoms with Gasteiger partial charge < -0.3 is 15.5 Å². The molecule has 1 aromatic carbocycles. The normalized spacial score (nSPS) is 16.0. The number of rotatable bonds is 4. The molecule has 1 saturated heterocycles. The van der Waals surface area contributed by atoms with Gasteiger partial charge in [-0.05, 0) is 31.0 Å². The van der Waals surface area contributed by atoms with Crippen LogP contribution < -0.4 is 15.5 Å². The molecule has 1 fully saturated rings. The molecule has 2 N–H and O–H groups in total. The summed E-state index contributed by atoms with van der Waals surface area (Å²) < 4.78 is 0. The molecular weight excluding hydrogens is 401 g/mol. The molecule has 1 aliphatic rings. The van der Waals surface area contributed by atoms with Crippen LogP contribution in [0.1, 0.15) is 11.1 Å². The molecule has 0 saturated carbocycles. The van der Waals surface area contributed by atoms with E-state index in [1.54, 1.807) is 7.05 Å². The third kappa shape index (κ3) is 5.53. The third-order valence-corrected chi connectivity index (χ3v) is 4.47. The van der Waals surface area contributed by atoms with Crippen molar-refractivity contribution in [1.29, 1.82) is 0 Å². The highest BCUT2D eigenvalue weighted by molar-refractivity contribution is 14.0. The number of hydrogen-bond acceptors (Lipinski definition) is 3. The van der Waals surface area contributed by atoms with Crippen molar-refractivity contribution in [3.63, 3.8) is 0 Å². The Morgan fingerprint density at radius 1 is 1.17 bits per heavy atom. The van der Waals surface area contributed by atoms with E-state index >= 15 is 0 Å². The summed E-state index contributed by atoms with van der Waals surface area (Å²) in [6.45, 7) is 10.8. The Morgan fingerprint density at radius 3 is 2.48 bits per heavy atom. The predicted octanol–water partition coefficient (Wildman–Crippen LogP) is 1.84. The van der Waals surface area contributed by atoms with Gasteiger partial charge in [0, 0.05) is 59.1 Å². The number of nitrogens with zero attached hydrogens (tertiary/aromatic N) is 3. The van der Waals surface area contributed by atoms with Gasteiger partial charge in [-0.25, -0.2) is 0 Å². The number of anilines is 1. The fourth-order valence-electron chi connectivity index (χ4n) is 2.90. The van der Waals surface area contributed by atoms with Crippen molar-refractivity contribution < 1.29 is 0 Å². The maximum Gasteiger partial charge on any atom is 0.190 e. The summed E-state index contributed by atoms with van der Waals surface area (Å²) >= 11 is 0. The Hall–Kier alpha value is -1.02. The van der Waals surface area contributed by atoms with Crippen LogP contribution in [0.25, 0.3) is 0 Å². The van der Waals surface area contributed by atoms with Crippen LogP contribution in [0.3, 0.4) is 0 Å². The van der Waals surface area contributed by atoms with Crippen molar-refractivity contribution in [3.05, 3.63) is 29.3 Å². The van der Waals surface area contributed by atoms with Crippen molar-refractivity contribution >= 4 is 35.6 Å². The summed E-state index contributed by atoms with van der Waals surface area (Å²) in [6.07, 6.45) is 0. The van der Waals surface area contributed by atoms with Crippen LogP contribution in [-0.4, -0.2) is 64.2 Å². The van der Waals surface area contributed by atoms with Gasteiger partial charge in [0.15, 0.2) is 5.96 Å². The van der Waals surface area contributed by atoms with E-state index in [9.17, 15) is 0 Å².